The van der Waals surface area contributed by atoms with E-state index < -0.39 is 0 Å². The Balaban J connectivity index is -0.00000312. The predicted molar refractivity (Wildman–Crippen MR) is 125 cm³/mol. The Labute approximate surface area is 185 Å². The van der Waals surface area contributed by atoms with E-state index in [4.69, 9.17) is 0 Å². The number of halogens is 1. The highest BCUT2D eigenvalue weighted by molar-refractivity contribution is 4.50. The second kappa shape index (κ2) is 25.2. The standard InChI is InChI=1S/C25H54N.ClH.H2O/c1-5-6-7-8-9-10-11-12-13-14-15-16-17-18-19-20-21-22-23-24-25-26(2,3)4;;/h5-25H2,1-4H3;1H;1H2/q+1;;/p-1. The van der Waals surface area contributed by atoms with Gasteiger partial charge in [0, 0.05) is 0 Å². The molecular weight excluding hydrogens is 366 g/mol. The molecule has 0 aromatic carbocycles. The van der Waals surface area contributed by atoms with Crippen molar-refractivity contribution in [2.24, 2.45) is 0 Å². The normalized spacial score (nSPS) is 11.1. The smallest absolute Gasteiger partial charge is 0.0780 e. The van der Waals surface area contributed by atoms with Crippen molar-refractivity contribution < 1.29 is 22.4 Å². The van der Waals surface area contributed by atoms with Gasteiger partial charge >= 0.3 is 0 Å². The number of rotatable bonds is 21. The molecule has 0 aromatic heterocycles. The second-order valence-electron chi connectivity index (χ2n) is 9.73. The molecule has 0 saturated carbocycles. The number of quaternary nitrogens is 1. The Bertz CT molecular complexity index is 266. The number of hydrogen-bond acceptors (Lipinski definition) is 0. The highest BCUT2D eigenvalue weighted by atomic mass is 35.5. The summed E-state index contributed by atoms with van der Waals surface area (Å²) in [5.41, 5.74) is 0. The van der Waals surface area contributed by atoms with Gasteiger partial charge in [0.2, 0.25) is 0 Å². The third-order valence-electron chi connectivity index (χ3n) is 5.68. The summed E-state index contributed by atoms with van der Waals surface area (Å²) in [6.07, 6.45) is 29.3. The highest BCUT2D eigenvalue weighted by Gasteiger charge is 2.04. The SMILES string of the molecule is CCCCCCCCCCCCCCCCCCCCCC[N+](C)(C)C.O.[Cl-]. The lowest BCUT2D eigenvalue weighted by atomic mass is 10.0. The van der Waals surface area contributed by atoms with Crippen LogP contribution in [0.15, 0.2) is 0 Å². The number of hydrogen-bond donors (Lipinski definition) is 0. The van der Waals surface area contributed by atoms with Gasteiger partial charge < -0.3 is 22.4 Å². The first-order valence-electron chi connectivity index (χ1n) is 12.4. The molecular formula is C25H56ClNO. The summed E-state index contributed by atoms with van der Waals surface area (Å²) in [5.74, 6) is 0. The fraction of sp³-hybridized carbons (Fsp3) is 1.00. The fourth-order valence-corrected chi connectivity index (χ4v) is 3.84. The summed E-state index contributed by atoms with van der Waals surface area (Å²) in [7, 11) is 6.90. The van der Waals surface area contributed by atoms with Crippen LogP contribution in [0.25, 0.3) is 0 Å². The summed E-state index contributed by atoms with van der Waals surface area (Å²) < 4.78 is 1.12. The maximum atomic E-state index is 2.30. The average molecular weight is 422 g/mol. The van der Waals surface area contributed by atoms with E-state index in [0.717, 1.165) is 4.48 Å². The lowest BCUT2D eigenvalue weighted by molar-refractivity contribution is -0.870. The molecule has 0 spiro atoms. The summed E-state index contributed by atoms with van der Waals surface area (Å²) in [5, 5.41) is 0. The quantitative estimate of drug-likeness (QED) is 0.190. The van der Waals surface area contributed by atoms with Crippen molar-refractivity contribution >= 4 is 0 Å². The van der Waals surface area contributed by atoms with Gasteiger partial charge in [-0.2, -0.15) is 0 Å². The Hall–Kier alpha value is 0.210. The van der Waals surface area contributed by atoms with Gasteiger partial charge in [-0.25, -0.2) is 0 Å². The van der Waals surface area contributed by atoms with Gasteiger partial charge in [-0.15, -0.1) is 0 Å². The van der Waals surface area contributed by atoms with Crippen molar-refractivity contribution in [3.05, 3.63) is 0 Å². The maximum absolute atomic E-state index is 2.30. The van der Waals surface area contributed by atoms with Crippen LogP contribution in [0.5, 0.6) is 0 Å². The second-order valence-corrected chi connectivity index (χ2v) is 9.73. The van der Waals surface area contributed by atoms with Crippen molar-refractivity contribution in [1.82, 2.24) is 0 Å². The van der Waals surface area contributed by atoms with Crippen LogP contribution in [-0.2, 0) is 0 Å². The number of nitrogens with zero attached hydrogens (tertiary/aromatic N) is 1. The van der Waals surface area contributed by atoms with Crippen LogP contribution in [0, 0.1) is 0 Å². The molecule has 0 aliphatic heterocycles. The van der Waals surface area contributed by atoms with E-state index in [1.54, 1.807) is 0 Å². The Morgan fingerprint density at radius 2 is 0.607 bits per heavy atom. The van der Waals surface area contributed by atoms with E-state index in [0.29, 0.717) is 0 Å². The molecule has 0 atom stereocenters. The van der Waals surface area contributed by atoms with E-state index in [1.807, 2.05) is 0 Å². The number of unbranched alkanes of at least 4 members (excludes halogenated alkanes) is 19. The Morgan fingerprint density at radius 3 is 0.821 bits per heavy atom. The molecule has 0 radical (unpaired) electrons. The van der Waals surface area contributed by atoms with Crippen LogP contribution < -0.4 is 12.4 Å². The molecule has 0 unspecified atom stereocenters. The van der Waals surface area contributed by atoms with E-state index >= 15 is 0 Å². The van der Waals surface area contributed by atoms with Crippen LogP contribution >= 0.6 is 0 Å². The molecule has 2 N–H and O–H groups in total. The summed E-state index contributed by atoms with van der Waals surface area (Å²) in [4.78, 5) is 0. The largest absolute Gasteiger partial charge is 1.00 e. The Kier molecular flexibility index (Phi) is 29.6. The van der Waals surface area contributed by atoms with E-state index in [1.165, 1.54) is 135 Å². The summed E-state index contributed by atoms with van der Waals surface area (Å²) in [6.45, 7) is 3.63. The molecule has 0 amide bonds. The van der Waals surface area contributed by atoms with Gasteiger partial charge in [0.1, 0.15) is 0 Å². The van der Waals surface area contributed by atoms with E-state index in [2.05, 4.69) is 28.1 Å². The average Bonchev–Trinajstić information content (AvgIpc) is 2.59. The highest BCUT2D eigenvalue weighted by Crippen LogP contribution is 2.14. The van der Waals surface area contributed by atoms with Gasteiger partial charge in [-0.3, -0.25) is 0 Å². The van der Waals surface area contributed by atoms with Gasteiger partial charge in [0.05, 0.1) is 27.7 Å². The van der Waals surface area contributed by atoms with Gasteiger partial charge in [0.25, 0.3) is 0 Å². The molecule has 0 aromatic rings. The fourth-order valence-electron chi connectivity index (χ4n) is 3.84. The molecule has 0 heterocycles. The molecule has 0 bridgehead atoms. The van der Waals surface area contributed by atoms with Crippen molar-refractivity contribution in [2.75, 3.05) is 27.7 Å². The van der Waals surface area contributed by atoms with Crippen molar-refractivity contribution in [1.29, 1.82) is 0 Å². The lowest BCUT2D eigenvalue weighted by Crippen LogP contribution is -3.00. The molecule has 174 valence electrons. The predicted octanol–water partition coefficient (Wildman–Crippen LogP) is 4.69. The zero-order valence-electron chi connectivity index (χ0n) is 20.2. The van der Waals surface area contributed by atoms with Crippen LogP contribution in [0.2, 0.25) is 0 Å². The van der Waals surface area contributed by atoms with Crippen molar-refractivity contribution in [3.63, 3.8) is 0 Å². The molecule has 3 heteroatoms. The van der Waals surface area contributed by atoms with Crippen LogP contribution in [-0.4, -0.2) is 37.6 Å². The van der Waals surface area contributed by atoms with Crippen LogP contribution in [0.4, 0.5) is 0 Å². The molecule has 28 heavy (non-hydrogen) atoms. The molecule has 0 aliphatic rings. The maximum Gasteiger partial charge on any atom is 0.0780 e. The van der Waals surface area contributed by atoms with Gasteiger partial charge in [-0.1, -0.05) is 122 Å². The van der Waals surface area contributed by atoms with E-state index in [-0.39, 0.29) is 17.9 Å². The molecule has 0 saturated heterocycles. The monoisotopic (exact) mass is 421 g/mol. The molecule has 0 aliphatic carbocycles. The summed E-state index contributed by atoms with van der Waals surface area (Å²) in [6, 6.07) is 0. The first-order chi connectivity index (χ1) is 12.6. The summed E-state index contributed by atoms with van der Waals surface area (Å²) >= 11 is 0. The van der Waals surface area contributed by atoms with Crippen molar-refractivity contribution in [3.8, 4) is 0 Å². The molecule has 0 rings (SSSR count). The minimum Gasteiger partial charge on any atom is -1.00 e. The lowest BCUT2D eigenvalue weighted by Gasteiger charge is -2.23. The Morgan fingerprint density at radius 1 is 0.393 bits per heavy atom. The third kappa shape index (κ3) is 30.9. The van der Waals surface area contributed by atoms with Crippen LogP contribution in [0.3, 0.4) is 0 Å². The minimum atomic E-state index is 0. The van der Waals surface area contributed by atoms with Crippen LogP contribution in [0.1, 0.15) is 135 Å². The first-order valence-corrected chi connectivity index (χ1v) is 12.4. The first kappa shape index (κ1) is 32.9. The molecule has 0 fully saturated rings. The van der Waals surface area contributed by atoms with Gasteiger partial charge in [0.15, 0.2) is 0 Å². The van der Waals surface area contributed by atoms with Gasteiger partial charge in [-0.05, 0) is 12.8 Å². The zero-order chi connectivity index (χ0) is 19.3. The topological polar surface area (TPSA) is 31.5 Å². The van der Waals surface area contributed by atoms with Crippen molar-refractivity contribution in [2.45, 2.75) is 135 Å². The third-order valence-corrected chi connectivity index (χ3v) is 5.68. The molecule has 2 nitrogen and oxygen atoms in total. The minimum absolute atomic E-state index is 0. The van der Waals surface area contributed by atoms with E-state index in [9.17, 15) is 0 Å². The zero-order valence-corrected chi connectivity index (χ0v) is 20.9.